The van der Waals surface area contributed by atoms with E-state index in [0.29, 0.717) is 55.6 Å². The lowest BCUT2D eigenvalue weighted by atomic mass is 9.93. The van der Waals surface area contributed by atoms with Gasteiger partial charge in [-0.3, -0.25) is 9.36 Å². The van der Waals surface area contributed by atoms with Crippen LogP contribution >= 0.6 is 0 Å². The maximum Gasteiger partial charge on any atom is 0.409 e. The fraction of sp³-hybridized carbons (Fsp3) is 0.696. The fourth-order valence-electron chi connectivity index (χ4n) is 4.79. The molecule has 2 aromatic heterocycles. The van der Waals surface area contributed by atoms with Crippen molar-refractivity contribution in [1.82, 2.24) is 29.7 Å². The Morgan fingerprint density at radius 3 is 2.61 bits per heavy atom. The number of anilines is 1. The number of piperidine rings is 1. The molecular formula is C23H33N7O6. The van der Waals surface area contributed by atoms with Crippen LogP contribution in [-0.2, 0) is 20.7 Å². The molecule has 0 bridgehead atoms. The molecule has 13 heteroatoms. The number of carbonyl (C=O) groups is 2. The largest absolute Gasteiger partial charge is 0.449 e. The van der Waals surface area contributed by atoms with Gasteiger partial charge in [-0.25, -0.2) is 19.7 Å². The van der Waals surface area contributed by atoms with Gasteiger partial charge in [0, 0.05) is 26.1 Å². The van der Waals surface area contributed by atoms with Crippen LogP contribution in [0.5, 0.6) is 0 Å². The third kappa shape index (κ3) is 4.95. The molecule has 4 heterocycles. The average Bonchev–Trinajstić information content (AvgIpc) is 3.53. The number of hydrogen-bond donors (Lipinski definition) is 4. The Hall–Kier alpha value is -3.03. The molecule has 1 saturated carbocycles. The zero-order chi connectivity index (χ0) is 25.4. The van der Waals surface area contributed by atoms with Crippen LogP contribution in [0.4, 0.5) is 10.6 Å². The number of hydrogen-bond acceptors (Lipinski definition) is 10. The topological polar surface area (TPSA) is 178 Å². The SMILES string of the molecule is CCNC(=O)[C@H]1O[C@@H](n2cnc3c(N)nc(CC4CCN(C(=O)OCC5CC5)CC4)nc32)C(O)C1O. The molecule has 13 nitrogen and oxygen atoms in total. The van der Waals surface area contributed by atoms with Gasteiger partial charge in [-0.2, -0.15) is 0 Å². The summed E-state index contributed by atoms with van der Waals surface area (Å²) in [4.78, 5) is 39.6. The van der Waals surface area contributed by atoms with Crippen molar-refractivity contribution >= 4 is 29.0 Å². The maximum absolute atomic E-state index is 12.2. The van der Waals surface area contributed by atoms with Gasteiger partial charge in [-0.05, 0) is 44.4 Å². The Bertz CT molecular complexity index is 1110. The zero-order valence-corrected chi connectivity index (χ0v) is 20.2. The van der Waals surface area contributed by atoms with E-state index in [1.165, 1.54) is 10.9 Å². The minimum Gasteiger partial charge on any atom is -0.449 e. The number of likely N-dealkylation sites (tertiary alicyclic amines) is 1. The number of carbonyl (C=O) groups excluding carboxylic acids is 2. The number of imidazole rings is 1. The Balaban J connectivity index is 1.26. The number of nitrogens with one attached hydrogen (secondary N) is 1. The van der Waals surface area contributed by atoms with E-state index in [1.807, 2.05) is 0 Å². The summed E-state index contributed by atoms with van der Waals surface area (Å²) < 4.78 is 12.6. The average molecular weight is 504 g/mol. The lowest BCUT2D eigenvalue weighted by molar-refractivity contribution is -0.137. The van der Waals surface area contributed by atoms with Gasteiger partial charge in [-0.15, -0.1) is 0 Å². The van der Waals surface area contributed by atoms with Crippen LogP contribution in [0.25, 0.3) is 11.2 Å². The molecule has 3 aliphatic rings. The van der Waals surface area contributed by atoms with E-state index in [9.17, 15) is 19.8 Å². The number of aliphatic hydroxyl groups is 2. The molecule has 1 aliphatic carbocycles. The molecule has 2 unspecified atom stereocenters. The molecule has 2 aromatic rings. The standard InChI is InChI=1S/C23H33N7O6/c1-2-25-21(33)18-16(31)17(32)22(36-18)30-11-26-15-19(24)27-14(28-20(15)30)9-12-5-7-29(8-6-12)23(34)35-10-13-3-4-13/h11-13,16-18,22,31-32H,2-10H2,1H3,(H,25,33)(H2,24,27,28)/t16?,17?,18-,22+/m0/s1. The summed E-state index contributed by atoms with van der Waals surface area (Å²) >= 11 is 0. The van der Waals surface area contributed by atoms with E-state index >= 15 is 0 Å². The predicted octanol–water partition coefficient (Wildman–Crippen LogP) is -0.0351. The fourth-order valence-corrected chi connectivity index (χ4v) is 4.79. The Kier molecular flexibility index (Phi) is 6.95. The molecule has 2 aliphatic heterocycles. The van der Waals surface area contributed by atoms with Crippen molar-refractivity contribution in [3.8, 4) is 0 Å². The number of amides is 2. The monoisotopic (exact) mass is 503 g/mol. The van der Waals surface area contributed by atoms with Crippen LogP contribution in [0.1, 0.15) is 44.7 Å². The molecule has 0 spiro atoms. The highest BCUT2D eigenvalue weighted by atomic mass is 16.6. The highest BCUT2D eigenvalue weighted by Gasteiger charge is 2.47. The van der Waals surface area contributed by atoms with Crippen LogP contribution in [0.3, 0.4) is 0 Å². The number of aromatic nitrogens is 4. The maximum atomic E-state index is 12.2. The third-order valence-electron chi connectivity index (χ3n) is 7.10. The third-order valence-corrected chi connectivity index (χ3v) is 7.10. The van der Waals surface area contributed by atoms with Gasteiger partial charge < -0.3 is 35.6 Å². The lowest BCUT2D eigenvalue weighted by Crippen LogP contribution is -2.42. The van der Waals surface area contributed by atoms with Crippen molar-refractivity contribution in [3.05, 3.63) is 12.2 Å². The number of aliphatic hydroxyl groups excluding tert-OH is 2. The Morgan fingerprint density at radius 1 is 1.17 bits per heavy atom. The van der Waals surface area contributed by atoms with Crippen molar-refractivity contribution in [2.75, 3.05) is 32.0 Å². The number of nitrogen functional groups attached to an aromatic ring is 1. The molecule has 36 heavy (non-hydrogen) atoms. The van der Waals surface area contributed by atoms with Gasteiger partial charge in [0.2, 0.25) is 0 Å². The van der Waals surface area contributed by atoms with E-state index in [2.05, 4.69) is 20.3 Å². The molecular weight excluding hydrogens is 470 g/mol. The molecule has 2 amide bonds. The van der Waals surface area contributed by atoms with E-state index < -0.39 is 30.4 Å². The second-order valence-corrected chi connectivity index (χ2v) is 9.83. The zero-order valence-electron chi connectivity index (χ0n) is 20.2. The minimum absolute atomic E-state index is 0.197. The summed E-state index contributed by atoms with van der Waals surface area (Å²) in [5, 5.41) is 23.6. The molecule has 0 aromatic carbocycles. The van der Waals surface area contributed by atoms with Crippen molar-refractivity contribution in [2.24, 2.45) is 11.8 Å². The highest BCUT2D eigenvalue weighted by Crippen LogP contribution is 2.33. The molecule has 0 radical (unpaired) electrons. The molecule has 2 saturated heterocycles. The molecule has 3 fully saturated rings. The van der Waals surface area contributed by atoms with Gasteiger partial charge in [0.25, 0.3) is 5.91 Å². The van der Waals surface area contributed by atoms with Crippen molar-refractivity contribution < 1.29 is 29.3 Å². The molecule has 5 N–H and O–H groups in total. The molecule has 4 atom stereocenters. The number of nitrogens with two attached hydrogens (primary N) is 1. The van der Waals surface area contributed by atoms with E-state index in [-0.39, 0.29) is 17.8 Å². The normalized spacial score (nSPS) is 26.9. The summed E-state index contributed by atoms with van der Waals surface area (Å²) in [5.41, 5.74) is 6.86. The van der Waals surface area contributed by atoms with Crippen molar-refractivity contribution in [2.45, 2.75) is 63.6 Å². The van der Waals surface area contributed by atoms with E-state index in [0.717, 1.165) is 25.7 Å². The van der Waals surface area contributed by atoms with Crippen molar-refractivity contribution in [3.63, 3.8) is 0 Å². The van der Waals surface area contributed by atoms with E-state index in [1.54, 1.807) is 11.8 Å². The number of likely N-dealkylation sites (N-methyl/N-ethyl adjacent to an activating group) is 1. The summed E-state index contributed by atoms with van der Waals surface area (Å²) in [6, 6.07) is 0. The number of rotatable bonds is 7. The first-order chi connectivity index (χ1) is 17.4. The number of fused-ring (bicyclic) bond motifs is 1. The van der Waals surface area contributed by atoms with Gasteiger partial charge in [-0.1, -0.05) is 0 Å². The van der Waals surface area contributed by atoms with Gasteiger partial charge >= 0.3 is 6.09 Å². The Labute approximate surface area is 208 Å². The first-order valence-corrected chi connectivity index (χ1v) is 12.6. The lowest BCUT2D eigenvalue weighted by Gasteiger charge is -2.31. The summed E-state index contributed by atoms with van der Waals surface area (Å²) in [6.07, 6.45) is 0.555. The van der Waals surface area contributed by atoms with Crippen LogP contribution in [-0.4, -0.2) is 91.2 Å². The van der Waals surface area contributed by atoms with E-state index in [4.69, 9.17) is 15.2 Å². The van der Waals surface area contributed by atoms with Gasteiger partial charge in [0.05, 0.1) is 12.9 Å². The minimum atomic E-state index is -1.40. The van der Waals surface area contributed by atoms with Crippen LogP contribution in [0.15, 0.2) is 6.33 Å². The quantitative estimate of drug-likeness (QED) is 0.401. The second kappa shape index (κ2) is 10.1. The summed E-state index contributed by atoms with van der Waals surface area (Å²) in [5.74, 6) is 1.01. The second-order valence-electron chi connectivity index (χ2n) is 9.83. The van der Waals surface area contributed by atoms with Crippen LogP contribution in [0, 0.1) is 11.8 Å². The molecule has 196 valence electrons. The Morgan fingerprint density at radius 2 is 1.92 bits per heavy atom. The van der Waals surface area contributed by atoms with Crippen LogP contribution < -0.4 is 11.1 Å². The predicted molar refractivity (Wildman–Crippen MR) is 126 cm³/mol. The first kappa shape index (κ1) is 24.7. The van der Waals surface area contributed by atoms with Crippen molar-refractivity contribution in [1.29, 1.82) is 0 Å². The smallest absolute Gasteiger partial charge is 0.409 e. The van der Waals surface area contributed by atoms with Gasteiger partial charge in [0.1, 0.15) is 23.5 Å². The summed E-state index contributed by atoms with van der Waals surface area (Å²) in [6.45, 7) is 3.87. The number of nitrogens with zero attached hydrogens (tertiary/aromatic N) is 5. The van der Waals surface area contributed by atoms with Gasteiger partial charge in [0.15, 0.2) is 23.8 Å². The first-order valence-electron chi connectivity index (χ1n) is 12.6. The summed E-state index contributed by atoms with van der Waals surface area (Å²) in [7, 11) is 0. The van der Waals surface area contributed by atoms with Crippen LogP contribution in [0.2, 0.25) is 0 Å². The molecule has 5 rings (SSSR count). The number of ether oxygens (including phenoxy) is 2. The highest BCUT2D eigenvalue weighted by molar-refractivity contribution is 5.83.